The molecule has 1 N–H and O–H groups in total. The average Bonchev–Trinajstić information content (AvgIpc) is 3.41. The van der Waals surface area contributed by atoms with Gasteiger partial charge in [0.2, 0.25) is 11.8 Å². The number of benzene rings is 1. The Bertz CT molecular complexity index is 780. The molecule has 1 aromatic heterocycles. The topological polar surface area (TPSA) is 74.5 Å². The molecule has 1 saturated heterocycles. The van der Waals surface area contributed by atoms with Crippen molar-refractivity contribution in [2.45, 2.75) is 51.1 Å². The highest BCUT2D eigenvalue weighted by Gasteiger charge is 2.27. The summed E-state index contributed by atoms with van der Waals surface area (Å²) in [5.74, 6) is 1.56. The van der Waals surface area contributed by atoms with E-state index in [2.05, 4.69) is 44.3 Å². The minimum atomic E-state index is 0.0847. The Balaban J connectivity index is 1.23. The molecule has 4 rings (SSSR count). The van der Waals surface area contributed by atoms with Crippen LogP contribution in [0.25, 0.3) is 0 Å². The van der Waals surface area contributed by atoms with E-state index in [0.717, 1.165) is 44.8 Å². The van der Waals surface area contributed by atoms with Crippen LogP contribution in [-0.4, -0.2) is 64.6 Å². The van der Waals surface area contributed by atoms with E-state index in [9.17, 15) is 4.79 Å². The third kappa shape index (κ3) is 5.42. The minimum absolute atomic E-state index is 0.0847. The fraction of sp³-hybridized carbons (Fsp3) is 0.591. The summed E-state index contributed by atoms with van der Waals surface area (Å²) in [4.78, 5) is 21.5. The number of aromatic nitrogens is 2. The lowest BCUT2D eigenvalue weighted by Gasteiger charge is -2.36. The fourth-order valence-electron chi connectivity index (χ4n) is 4.30. The summed E-state index contributed by atoms with van der Waals surface area (Å²) in [7, 11) is 0. The molecule has 1 amide bonds. The molecule has 7 heteroatoms. The number of carbonyl (C=O) groups is 1. The van der Waals surface area contributed by atoms with E-state index in [1.54, 1.807) is 0 Å². The number of nitrogens with one attached hydrogen (secondary N) is 1. The molecule has 1 aliphatic heterocycles. The predicted octanol–water partition coefficient (Wildman–Crippen LogP) is 2.40. The van der Waals surface area contributed by atoms with Crippen LogP contribution in [0.1, 0.15) is 55.9 Å². The Morgan fingerprint density at radius 3 is 2.62 bits per heavy atom. The van der Waals surface area contributed by atoms with Crippen LogP contribution in [0.5, 0.6) is 0 Å². The second-order valence-corrected chi connectivity index (χ2v) is 8.25. The molecule has 29 heavy (non-hydrogen) atoms. The normalized spacial score (nSPS) is 20.0. The predicted molar refractivity (Wildman–Crippen MR) is 110 cm³/mol. The van der Waals surface area contributed by atoms with Crippen molar-refractivity contribution in [3.63, 3.8) is 0 Å². The first-order valence-corrected chi connectivity index (χ1v) is 10.8. The molecular weight excluding hydrogens is 366 g/mol. The van der Waals surface area contributed by atoms with Crippen LogP contribution in [0.15, 0.2) is 34.9 Å². The number of nitrogens with zero attached hydrogens (tertiary/aromatic N) is 4. The first-order chi connectivity index (χ1) is 14.2. The molecule has 1 aromatic carbocycles. The lowest BCUT2D eigenvalue weighted by molar-refractivity contribution is -0.123. The van der Waals surface area contributed by atoms with Crippen LogP contribution in [-0.2, 0) is 11.2 Å². The van der Waals surface area contributed by atoms with E-state index in [0.29, 0.717) is 24.9 Å². The molecule has 2 aromatic rings. The first-order valence-electron chi connectivity index (χ1n) is 10.8. The van der Waals surface area contributed by atoms with Crippen LogP contribution in [0.2, 0.25) is 0 Å². The van der Waals surface area contributed by atoms with Crippen LogP contribution in [0.3, 0.4) is 0 Å². The standard InChI is InChI=1S/C22H31N5O2/c1-17(22-24-20(25-29-22)15-18-7-3-2-4-8-18)27-13-11-26(12-14-27)16-21(28)23-19-9-5-6-10-19/h2-4,7-8,17,19H,5-6,9-16H2,1H3,(H,23,28). The number of rotatable bonds is 7. The summed E-state index contributed by atoms with van der Waals surface area (Å²) >= 11 is 0. The van der Waals surface area contributed by atoms with Gasteiger partial charge in [-0.25, -0.2) is 0 Å². The Labute approximate surface area is 172 Å². The third-order valence-electron chi connectivity index (χ3n) is 6.09. The van der Waals surface area contributed by atoms with Gasteiger partial charge in [-0.05, 0) is 25.3 Å². The summed E-state index contributed by atoms with van der Waals surface area (Å²) in [6.45, 7) is 6.17. The molecule has 2 aliphatic rings. The monoisotopic (exact) mass is 397 g/mol. The zero-order valence-electron chi connectivity index (χ0n) is 17.2. The average molecular weight is 398 g/mol. The van der Waals surface area contributed by atoms with E-state index in [-0.39, 0.29) is 11.9 Å². The smallest absolute Gasteiger partial charge is 0.243 e. The number of carbonyl (C=O) groups excluding carboxylic acids is 1. The molecule has 0 radical (unpaired) electrons. The van der Waals surface area contributed by atoms with Crippen molar-refractivity contribution < 1.29 is 9.32 Å². The summed E-state index contributed by atoms with van der Waals surface area (Å²) in [6, 6.07) is 10.7. The van der Waals surface area contributed by atoms with Gasteiger partial charge < -0.3 is 9.84 Å². The van der Waals surface area contributed by atoms with Gasteiger partial charge in [-0.1, -0.05) is 48.3 Å². The fourth-order valence-corrected chi connectivity index (χ4v) is 4.30. The van der Waals surface area contributed by atoms with Crippen molar-refractivity contribution in [1.82, 2.24) is 25.3 Å². The highest BCUT2D eigenvalue weighted by molar-refractivity contribution is 5.78. The van der Waals surface area contributed by atoms with Gasteiger partial charge in [0, 0.05) is 38.6 Å². The summed E-state index contributed by atoms with van der Waals surface area (Å²) in [6.07, 6.45) is 5.43. The highest BCUT2D eigenvalue weighted by Crippen LogP contribution is 2.21. The largest absolute Gasteiger partial charge is 0.352 e. The van der Waals surface area contributed by atoms with E-state index in [1.807, 2.05) is 18.2 Å². The second kappa shape index (κ2) is 9.50. The van der Waals surface area contributed by atoms with Crippen LogP contribution in [0.4, 0.5) is 0 Å². The van der Waals surface area contributed by atoms with Crippen molar-refractivity contribution >= 4 is 5.91 Å². The Kier molecular flexibility index (Phi) is 6.56. The lowest BCUT2D eigenvalue weighted by atomic mass is 10.1. The molecule has 0 spiro atoms. The molecule has 1 saturated carbocycles. The maximum atomic E-state index is 12.3. The maximum Gasteiger partial charge on any atom is 0.243 e. The second-order valence-electron chi connectivity index (χ2n) is 8.25. The number of amides is 1. The zero-order valence-corrected chi connectivity index (χ0v) is 17.2. The number of hydrogen-bond acceptors (Lipinski definition) is 6. The Hall–Kier alpha value is -2.25. The summed E-state index contributed by atoms with van der Waals surface area (Å²) in [5, 5.41) is 7.34. The SMILES string of the molecule is CC(c1nc(Cc2ccccc2)no1)N1CCN(CC(=O)NC2CCCC2)CC1. The van der Waals surface area contributed by atoms with Gasteiger partial charge in [-0.2, -0.15) is 4.98 Å². The number of piperazine rings is 1. The Morgan fingerprint density at radius 1 is 1.17 bits per heavy atom. The van der Waals surface area contributed by atoms with Gasteiger partial charge in [-0.15, -0.1) is 0 Å². The van der Waals surface area contributed by atoms with E-state index < -0.39 is 0 Å². The van der Waals surface area contributed by atoms with Crippen molar-refractivity contribution in [2.24, 2.45) is 0 Å². The van der Waals surface area contributed by atoms with E-state index in [1.165, 1.54) is 18.4 Å². The van der Waals surface area contributed by atoms with Gasteiger partial charge in [0.25, 0.3) is 0 Å². The number of hydrogen-bond donors (Lipinski definition) is 1. The van der Waals surface area contributed by atoms with Crippen molar-refractivity contribution in [1.29, 1.82) is 0 Å². The zero-order chi connectivity index (χ0) is 20.1. The van der Waals surface area contributed by atoms with Crippen LogP contribution < -0.4 is 5.32 Å². The molecule has 156 valence electrons. The highest BCUT2D eigenvalue weighted by atomic mass is 16.5. The van der Waals surface area contributed by atoms with E-state index in [4.69, 9.17) is 4.52 Å². The molecule has 2 heterocycles. The van der Waals surface area contributed by atoms with Gasteiger partial charge >= 0.3 is 0 Å². The van der Waals surface area contributed by atoms with Crippen LogP contribution >= 0.6 is 0 Å². The van der Waals surface area contributed by atoms with Crippen molar-refractivity contribution in [3.8, 4) is 0 Å². The summed E-state index contributed by atoms with van der Waals surface area (Å²) in [5.41, 5.74) is 1.18. The van der Waals surface area contributed by atoms with Crippen molar-refractivity contribution in [3.05, 3.63) is 47.6 Å². The lowest BCUT2D eigenvalue weighted by Crippen LogP contribution is -2.50. The van der Waals surface area contributed by atoms with Gasteiger partial charge in [0.1, 0.15) is 0 Å². The first kappa shape index (κ1) is 20.0. The minimum Gasteiger partial charge on any atom is -0.352 e. The van der Waals surface area contributed by atoms with E-state index >= 15 is 0 Å². The van der Waals surface area contributed by atoms with Crippen LogP contribution in [0, 0.1) is 0 Å². The molecule has 1 atom stereocenters. The molecule has 1 unspecified atom stereocenters. The van der Waals surface area contributed by atoms with Gasteiger partial charge in [0.05, 0.1) is 12.6 Å². The molecular formula is C22H31N5O2. The van der Waals surface area contributed by atoms with Gasteiger partial charge in [-0.3, -0.25) is 14.6 Å². The Morgan fingerprint density at radius 2 is 1.90 bits per heavy atom. The molecule has 0 bridgehead atoms. The third-order valence-corrected chi connectivity index (χ3v) is 6.09. The molecule has 2 fully saturated rings. The maximum absolute atomic E-state index is 12.3. The van der Waals surface area contributed by atoms with Gasteiger partial charge in [0.15, 0.2) is 5.82 Å². The quantitative estimate of drug-likeness (QED) is 0.773. The summed E-state index contributed by atoms with van der Waals surface area (Å²) < 4.78 is 5.54. The molecule has 7 nitrogen and oxygen atoms in total. The van der Waals surface area contributed by atoms with Crippen molar-refractivity contribution in [2.75, 3.05) is 32.7 Å². The molecule has 1 aliphatic carbocycles.